The summed E-state index contributed by atoms with van der Waals surface area (Å²) in [5, 5.41) is 11.9. The van der Waals surface area contributed by atoms with E-state index in [1.165, 1.54) is 19.2 Å². The number of ether oxygens (including phenoxy) is 1. The van der Waals surface area contributed by atoms with E-state index in [2.05, 4.69) is 5.32 Å². The number of rotatable bonds is 7. The van der Waals surface area contributed by atoms with Crippen molar-refractivity contribution in [3.8, 4) is 5.75 Å². The summed E-state index contributed by atoms with van der Waals surface area (Å²) in [5.74, 6) is -1.99. The zero-order chi connectivity index (χ0) is 16.0. The lowest BCUT2D eigenvalue weighted by molar-refractivity contribution is -0.149. The predicted molar refractivity (Wildman–Crippen MR) is 75.9 cm³/mol. The Hall–Kier alpha value is -2.11. The van der Waals surface area contributed by atoms with Crippen LogP contribution in [-0.4, -0.2) is 30.6 Å². The second-order valence-electron chi connectivity index (χ2n) is 4.82. The van der Waals surface area contributed by atoms with Crippen LogP contribution < -0.4 is 10.1 Å². The van der Waals surface area contributed by atoms with E-state index in [1.54, 1.807) is 13.8 Å². The highest BCUT2D eigenvalue weighted by Gasteiger charge is 2.35. The van der Waals surface area contributed by atoms with E-state index in [0.717, 1.165) is 6.07 Å². The summed E-state index contributed by atoms with van der Waals surface area (Å²) in [5.41, 5.74) is -0.764. The van der Waals surface area contributed by atoms with Gasteiger partial charge in [-0.1, -0.05) is 13.8 Å². The van der Waals surface area contributed by atoms with Crippen LogP contribution in [0.1, 0.15) is 37.0 Å². The summed E-state index contributed by atoms with van der Waals surface area (Å²) < 4.78 is 18.1. The van der Waals surface area contributed by atoms with Crippen LogP contribution in [0, 0.1) is 11.2 Å². The van der Waals surface area contributed by atoms with Gasteiger partial charge >= 0.3 is 5.97 Å². The molecule has 0 unspecified atom stereocenters. The van der Waals surface area contributed by atoms with Gasteiger partial charge in [-0.3, -0.25) is 9.59 Å². The van der Waals surface area contributed by atoms with Gasteiger partial charge in [0.2, 0.25) is 0 Å². The van der Waals surface area contributed by atoms with E-state index in [9.17, 15) is 19.1 Å². The highest BCUT2D eigenvalue weighted by molar-refractivity contribution is 5.95. The van der Waals surface area contributed by atoms with Crippen LogP contribution in [0.3, 0.4) is 0 Å². The number of carbonyl (C=O) groups excluding carboxylic acids is 1. The second kappa shape index (κ2) is 7.06. The summed E-state index contributed by atoms with van der Waals surface area (Å²) in [6.45, 7) is 3.56. The third-order valence-corrected chi connectivity index (χ3v) is 3.81. The first-order valence-electron chi connectivity index (χ1n) is 6.75. The summed E-state index contributed by atoms with van der Waals surface area (Å²) in [7, 11) is 1.31. The van der Waals surface area contributed by atoms with Crippen molar-refractivity contribution in [2.45, 2.75) is 26.7 Å². The maximum absolute atomic E-state index is 13.3. The van der Waals surface area contributed by atoms with Gasteiger partial charge in [-0.2, -0.15) is 0 Å². The monoisotopic (exact) mass is 297 g/mol. The topological polar surface area (TPSA) is 75.6 Å². The number of carboxylic acid groups (broad SMARTS) is 1. The molecule has 0 aliphatic rings. The number of hydrogen-bond donors (Lipinski definition) is 2. The molecule has 0 fully saturated rings. The Morgan fingerprint density at radius 1 is 1.33 bits per heavy atom. The molecule has 0 aliphatic heterocycles. The smallest absolute Gasteiger partial charge is 0.311 e. The van der Waals surface area contributed by atoms with Gasteiger partial charge in [-0.15, -0.1) is 0 Å². The molecule has 5 nitrogen and oxygen atoms in total. The van der Waals surface area contributed by atoms with Gasteiger partial charge in [0, 0.05) is 12.1 Å². The standard InChI is InChI=1S/C15H20FNO4/c1-4-15(5-2,14(19)20)9-17-13(18)10-6-7-11(16)12(8-10)21-3/h6-8H,4-5,9H2,1-3H3,(H,17,18)(H,19,20). The molecule has 21 heavy (non-hydrogen) atoms. The Labute approximate surface area is 123 Å². The molecule has 0 saturated heterocycles. The van der Waals surface area contributed by atoms with Crippen LogP contribution in [0.25, 0.3) is 0 Å². The number of hydrogen-bond acceptors (Lipinski definition) is 3. The van der Waals surface area contributed by atoms with Gasteiger partial charge in [0.1, 0.15) is 0 Å². The normalized spacial score (nSPS) is 11.0. The maximum Gasteiger partial charge on any atom is 0.311 e. The van der Waals surface area contributed by atoms with Crippen LogP contribution in [0.4, 0.5) is 4.39 Å². The molecule has 116 valence electrons. The van der Waals surface area contributed by atoms with E-state index in [0.29, 0.717) is 12.8 Å². The third kappa shape index (κ3) is 3.71. The van der Waals surface area contributed by atoms with E-state index in [1.807, 2.05) is 0 Å². The van der Waals surface area contributed by atoms with Crippen molar-refractivity contribution in [1.29, 1.82) is 0 Å². The molecule has 1 aromatic rings. The molecule has 2 N–H and O–H groups in total. The van der Waals surface area contributed by atoms with Crippen molar-refractivity contribution in [3.05, 3.63) is 29.6 Å². The van der Waals surface area contributed by atoms with Crippen LogP contribution in [-0.2, 0) is 4.79 Å². The number of benzene rings is 1. The maximum atomic E-state index is 13.3. The molecule has 6 heteroatoms. The minimum Gasteiger partial charge on any atom is -0.494 e. The number of carboxylic acids is 1. The Kier molecular flexibility index (Phi) is 5.69. The first-order chi connectivity index (χ1) is 9.90. The van der Waals surface area contributed by atoms with Crippen LogP contribution in [0.5, 0.6) is 5.75 Å². The zero-order valence-electron chi connectivity index (χ0n) is 12.4. The molecule has 0 radical (unpaired) electrons. The minimum absolute atomic E-state index is 0.0217. The highest BCUT2D eigenvalue weighted by Crippen LogP contribution is 2.26. The Morgan fingerprint density at radius 3 is 2.43 bits per heavy atom. The van der Waals surface area contributed by atoms with Crippen LogP contribution in [0.2, 0.25) is 0 Å². The van der Waals surface area contributed by atoms with Gasteiger partial charge in [0.25, 0.3) is 5.91 Å². The van der Waals surface area contributed by atoms with Gasteiger partial charge in [-0.05, 0) is 31.0 Å². The first kappa shape index (κ1) is 16.9. The molecule has 1 rings (SSSR count). The number of carbonyl (C=O) groups is 2. The number of methoxy groups -OCH3 is 1. The fourth-order valence-corrected chi connectivity index (χ4v) is 2.03. The van der Waals surface area contributed by atoms with Crippen molar-refractivity contribution in [2.24, 2.45) is 5.41 Å². The number of nitrogens with one attached hydrogen (secondary N) is 1. The van der Waals surface area contributed by atoms with Gasteiger partial charge in [-0.25, -0.2) is 4.39 Å². The number of halogens is 1. The number of amides is 1. The molecule has 1 amide bonds. The first-order valence-corrected chi connectivity index (χ1v) is 6.75. The molecule has 0 atom stereocenters. The van der Waals surface area contributed by atoms with Crippen molar-refractivity contribution in [1.82, 2.24) is 5.32 Å². The van der Waals surface area contributed by atoms with Gasteiger partial charge in [0.15, 0.2) is 11.6 Å². The quantitative estimate of drug-likeness (QED) is 0.810. The summed E-state index contributed by atoms with van der Waals surface area (Å²) in [6.07, 6.45) is 0.817. The summed E-state index contributed by atoms with van der Waals surface area (Å²) >= 11 is 0. The molecular formula is C15H20FNO4. The summed E-state index contributed by atoms with van der Waals surface area (Å²) in [6, 6.07) is 3.75. The lowest BCUT2D eigenvalue weighted by atomic mass is 9.82. The van der Waals surface area contributed by atoms with Crippen molar-refractivity contribution in [2.75, 3.05) is 13.7 Å². The molecule has 0 bridgehead atoms. The Bertz CT molecular complexity index is 526. The lowest BCUT2D eigenvalue weighted by Crippen LogP contribution is -2.42. The number of aliphatic carboxylic acids is 1. The van der Waals surface area contributed by atoms with Crippen molar-refractivity contribution in [3.63, 3.8) is 0 Å². The molecular weight excluding hydrogens is 277 g/mol. The predicted octanol–water partition coefficient (Wildman–Crippen LogP) is 2.46. The van der Waals surface area contributed by atoms with Crippen molar-refractivity contribution >= 4 is 11.9 Å². The van der Waals surface area contributed by atoms with E-state index in [-0.39, 0.29) is 17.9 Å². The SMILES string of the molecule is CCC(CC)(CNC(=O)c1ccc(F)c(OC)c1)C(=O)O. The molecule has 0 heterocycles. The highest BCUT2D eigenvalue weighted by atomic mass is 19.1. The fourth-order valence-electron chi connectivity index (χ4n) is 2.03. The largest absolute Gasteiger partial charge is 0.494 e. The van der Waals surface area contributed by atoms with E-state index in [4.69, 9.17) is 4.74 Å². The average molecular weight is 297 g/mol. The molecule has 0 aliphatic carbocycles. The van der Waals surface area contributed by atoms with Gasteiger partial charge < -0.3 is 15.2 Å². The Balaban J connectivity index is 2.84. The van der Waals surface area contributed by atoms with E-state index < -0.39 is 23.1 Å². The lowest BCUT2D eigenvalue weighted by Gasteiger charge is -2.26. The zero-order valence-corrected chi connectivity index (χ0v) is 12.4. The molecule has 0 saturated carbocycles. The second-order valence-corrected chi connectivity index (χ2v) is 4.82. The fraction of sp³-hybridized carbons (Fsp3) is 0.467. The minimum atomic E-state index is -0.986. The van der Waals surface area contributed by atoms with Crippen LogP contribution in [0.15, 0.2) is 18.2 Å². The average Bonchev–Trinajstić information content (AvgIpc) is 2.48. The molecule has 1 aromatic carbocycles. The van der Waals surface area contributed by atoms with Crippen LogP contribution >= 0.6 is 0 Å². The molecule has 0 aromatic heterocycles. The van der Waals surface area contributed by atoms with Gasteiger partial charge in [0.05, 0.1) is 12.5 Å². The summed E-state index contributed by atoms with van der Waals surface area (Å²) in [4.78, 5) is 23.4. The molecule has 0 spiro atoms. The van der Waals surface area contributed by atoms with Crippen molar-refractivity contribution < 1.29 is 23.8 Å². The third-order valence-electron chi connectivity index (χ3n) is 3.81. The Morgan fingerprint density at radius 2 is 1.95 bits per heavy atom. The van der Waals surface area contributed by atoms with E-state index >= 15 is 0 Å².